The minimum Gasteiger partial charge on any atom is -0.445 e. The Balaban J connectivity index is 1.76. The Kier molecular flexibility index (Phi) is 13.4. The lowest BCUT2D eigenvalue weighted by Crippen LogP contribution is -2.68. The van der Waals surface area contributed by atoms with Crippen LogP contribution in [-0.2, 0) is 43.5 Å². The van der Waals surface area contributed by atoms with Crippen LogP contribution in [0.2, 0.25) is 0 Å². The number of likely N-dealkylation sites (tertiary alicyclic amines) is 1. The number of amides is 2. The summed E-state index contributed by atoms with van der Waals surface area (Å²) in [6.45, 7) is 3.20. The van der Waals surface area contributed by atoms with Crippen molar-refractivity contribution in [2.75, 3.05) is 32.2 Å². The maximum Gasteiger partial charge on any atom is 0.416 e. The van der Waals surface area contributed by atoms with Gasteiger partial charge >= 0.3 is 18.4 Å². The first kappa shape index (κ1) is 40.0. The van der Waals surface area contributed by atoms with E-state index < -0.39 is 52.7 Å². The topological polar surface area (TPSA) is 77.1 Å². The van der Waals surface area contributed by atoms with E-state index in [9.17, 15) is 35.9 Å². The number of halogens is 7. The van der Waals surface area contributed by atoms with Crippen molar-refractivity contribution in [1.29, 1.82) is 0 Å². The molecular weight excluding hydrogens is 702 g/mol. The lowest BCUT2D eigenvalue weighted by atomic mass is 9.74. The quantitative estimate of drug-likeness (QED) is 0.101. The smallest absolute Gasteiger partial charge is 0.416 e. The van der Waals surface area contributed by atoms with E-state index in [4.69, 9.17) is 25.8 Å². The molecule has 1 aliphatic rings. The van der Waals surface area contributed by atoms with Crippen molar-refractivity contribution >= 4 is 23.6 Å². The molecule has 14 heteroatoms. The second kappa shape index (κ2) is 17.1. The van der Waals surface area contributed by atoms with E-state index in [1.165, 1.54) is 11.8 Å². The molecule has 0 spiro atoms. The molecule has 3 atom stereocenters. The van der Waals surface area contributed by atoms with Gasteiger partial charge in [-0.15, -0.1) is 11.6 Å². The van der Waals surface area contributed by atoms with Crippen LogP contribution in [-0.4, -0.2) is 54.7 Å². The molecule has 1 heterocycles. The molecule has 7 nitrogen and oxygen atoms in total. The van der Waals surface area contributed by atoms with Gasteiger partial charge in [-0.05, 0) is 61.1 Å². The lowest BCUT2D eigenvalue weighted by Gasteiger charge is -2.53. The van der Waals surface area contributed by atoms with Gasteiger partial charge in [-0.3, -0.25) is 9.69 Å². The highest BCUT2D eigenvalue weighted by atomic mass is 35.5. The first-order chi connectivity index (χ1) is 24.1. The molecule has 3 aromatic carbocycles. The van der Waals surface area contributed by atoms with E-state index in [1.807, 2.05) is 13.0 Å². The van der Waals surface area contributed by atoms with E-state index >= 15 is 0 Å². The van der Waals surface area contributed by atoms with Crippen molar-refractivity contribution in [2.24, 2.45) is 0 Å². The predicted octanol–water partition coefficient (Wildman–Crippen LogP) is 9.04. The number of alkyl halides is 7. The molecular formula is C37H41ClF6N2O5. The average molecular weight is 743 g/mol. The number of rotatable bonds is 14. The van der Waals surface area contributed by atoms with Gasteiger partial charge in [0, 0.05) is 6.61 Å². The van der Waals surface area contributed by atoms with Gasteiger partial charge in [0.1, 0.15) is 12.5 Å². The highest BCUT2D eigenvalue weighted by Gasteiger charge is 2.53. The summed E-state index contributed by atoms with van der Waals surface area (Å²) < 4.78 is 100. The zero-order valence-corrected chi connectivity index (χ0v) is 29.0. The van der Waals surface area contributed by atoms with Gasteiger partial charge in [0.2, 0.25) is 5.91 Å². The lowest BCUT2D eigenvalue weighted by molar-refractivity contribution is -0.143. The first-order valence-electron chi connectivity index (χ1n) is 16.5. The summed E-state index contributed by atoms with van der Waals surface area (Å²) in [5.41, 5.74) is -4.44. The van der Waals surface area contributed by atoms with Crippen LogP contribution in [0.15, 0.2) is 78.9 Å². The molecule has 1 aliphatic heterocycles. The van der Waals surface area contributed by atoms with Gasteiger partial charge in [-0.2, -0.15) is 26.3 Å². The number of hydrogen-bond acceptors (Lipinski definition) is 5. The maximum absolute atomic E-state index is 14.2. The van der Waals surface area contributed by atoms with E-state index in [2.05, 4.69) is 5.32 Å². The normalized spacial score (nSPS) is 20.1. The summed E-state index contributed by atoms with van der Waals surface area (Å²) in [5, 5.41) is 2.94. The molecule has 1 fully saturated rings. The third-order valence-electron chi connectivity index (χ3n) is 8.93. The van der Waals surface area contributed by atoms with Crippen LogP contribution in [0.25, 0.3) is 0 Å². The van der Waals surface area contributed by atoms with E-state index in [0.717, 1.165) is 12.8 Å². The van der Waals surface area contributed by atoms with Gasteiger partial charge in [0.05, 0.1) is 48.1 Å². The summed E-state index contributed by atoms with van der Waals surface area (Å²) >= 11 is 5.89. The van der Waals surface area contributed by atoms with Crippen molar-refractivity contribution in [1.82, 2.24) is 10.2 Å². The molecule has 0 unspecified atom stereocenters. The predicted molar refractivity (Wildman–Crippen MR) is 179 cm³/mol. The fraction of sp³-hybridized carbons (Fsp3) is 0.459. The van der Waals surface area contributed by atoms with Gasteiger partial charge in [0.25, 0.3) is 0 Å². The van der Waals surface area contributed by atoms with E-state index in [-0.39, 0.29) is 56.7 Å². The van der Waals surface area contributed by atoms with Gasteiger partial charge < -0.3 is 19.5 Å². The van der Waals surface area contributed by atoms with Crippen molar-refractivity contribution in [2.45, 2.75) is 75.7 Å². The molecule has 1 N–H and O–H groups in total. The van der Waals surface area contributed by atoms with Crippen LogP contribution in [0.5, 0.6) is 0 Å². The molecule has 0 radical (unpaired) electrons. The monoisotopic (exact) mass is 742 g/mol. The molecule has 3 aromatic rings. The maximum atomic E-state index is 14.2. The average Bonchev–Trinajstić information content (AvgIpc) is 3.11. The molecule has 0 bridgehead atoms. The van der Waals surface area contributed by atoms with E-state index in [0.29, 0.717) is 29.9 Å². The fourth-order valence-electron chi connectivity index (χ4n) is 6.10. The highest BCUT2D eigenvalue weighted by Crippen LogP contribution is 2.44. The zero-order chi connectivity index (χ0) is 37.3. The molecule has 1 saturated heterocycles. The number of benzene rings is 3. The van der Waals surface area contributed by atoms with Crippen molar-refractivity contribution in [3.05, 3.63) is 107 Å². The minimum absolute atomic E-state index is 0.0324. The van der Waals surface area contributed by atoms with Gasteiger partial charge in [-0.1, -0.05) is 74.0 Å². The molecule has 0 saturated carbocycles. The summed E-state index contributed by atoms with van der Waals surface area (Å²) in [6.07, 6.45) is -10.1. The fourth-order valence-corrected chi connectivity index (χ4v) is 6.17. The Labute approximate surface area is 298 Å². The number of carbonyl (C=O) groups excluding carboxylic acids is 2. The molecule has 51 heavy (non-hydrogen) atoms. The summed E-state index contributed by atoms with van der Waals surface area (Å²) in [4.78, 5) is 28.4. The Bertz CT molecular complexity index is 1560. The van der Waals surface area contributed by atoms with Crippen LogP contribution in [0.4, 0.5) is 31.1 Å². The Morgan fingerprint density at radius 2 is 1.51 bits per heavy atom. The van der Waals surface area contributed by atoms with Crippen LogP contribution >= 0.6 is 11.6 Å². The standard InChI is InChI=1S/C37H41ClF6N2O5/c1-3-4-17-49-24-34(45-32(47)21-38)15-16-35(29-13-9-6-10-14-29,46(23-34)33(48)50-22-27-11-7-5-8-12-27)25-51-26(2)28-18-30(36(39,40)41)20-31(19-28)37(42,43)44/h5-14,18-20,26H,3-4,15-17,21-25H2,1-2H3,(H,45,47)/t26-,34-,35-/m1/s1. The second-order valence-corrected chi connectivity index (χ2v) is 13.0. The van der Waals surface area contributed by atoms with Crippen LogP contribution in [0.3, 0.4) is 0 Å². The van der Waals surface area contributed by atoms with Crippen molar-refractivity contribution in [3.8, 4) is 0 Å². The van der Waals surface area contributed by atoms with Crippen molar-refractivity contribution < 1.29 is 50.1 Å². The SMILES string of the molecule is CCCCOC[C@@]1(NC(=O)CCl)CC[C@@](CO[C@H](C)c2cc(C(F)(F)F)cc(C(F)(F)F)c2)(c2ccccc2)N(C(=O)OCc2ccccc2)C1. The zero-order valence-electron chi connectivity index (χ0n) is 28.3. The number of unbranched alkanes of at least 4 members (excludes halogenated alkanes) is 1. The number of piperidine rings is 1. The molecule has 2 amide bonds. The molecule has 4 rings (SSSR count). The third-order valence-corrected chi connectivity index (χ3v) is 9.17. The first-order valence-corrected chi connectivity index (χ1v) is 17.1. The minimum atomic E-state index is -5.04. The number of nitrogens with one attached hydrogen (secondary N) is 1. The Morgan fingerprint density at radius 1 is 0.902 bits per heavy atom. The summed E-state index contributed by atoms with van der Waals surface area (Å²) in [5.74, 6) is -0.841. The molecule has 0 aromatic heterocycles. The third kappa shape index (κ3) is 10.4. The Morgan fingerprint density at radius 3 is 2.08 bits per heavy atom. The van der Waals surface area contributed by atoms with Crippen LogP contribution in [0.1, 0.15) is 73.5 Å². The van der Waals surface area contributed by atoms with Gasteiger partial charge in [0.15, 0.2) is 0 Å². The number of nitrogens with zero attached hydrogens (tertiary/aromatic N) is 1. The Hall–Kier alpha value is -3.81. The molecule has 0 aliphatic carbocycles. The van der Waals surface area contributed by atoms with E-state index in [1.54, 1.807) is 54.6 Å². The molecule has 278 valence electrons. The van der Waals surface area contributed by atoms with Crippen LogP contribution < -0.4 is 5.32 Å². The number of carbonyl (C=O) groups is 2. The van der Waals surface area contributed by atoms with Crippen LogP contribution in [0, 0.1) is 0 Å². The second-order valence-electron chi connectivity index (χ2n) is 12.7. The van der Waals surface area contributed by atoms with Crippen molar-refractivity contribution in [3.63, 3.8) is 0 Å². The summed E-state index contributed by atoms with van der Waals surface area (Å²) in [7, 11) is 0. The highest BCUT2D eigenvalue weighted by molar-refractivity contribution is 6.27. The summed E-state index contributed by atoms with van der Waals surface area (Å²) in [6, 6.07) is 19.0. The number of ether oxygens (including phenoxy) is 3. The number of hydrogen-bond donors (Lipinski definition) is 1. The largest absolute Gasteiger partial charge is 0.445 e. The van der Waals surface area contributed by atoms with Gasteiger partial charge in [-0.25, -0.2) is 4.79 Å².